The van der Waals surface area contributed by atoms with E-state index in [0.29, 0.717) is 6.61 Å². The second-order valence-corrected chi connectivity index (χ2v) is 5.22. The van der Waals surface area contributed by atoms with E-state index in [-0.39, 0.29) is 18.2 Å². The van der Waals surface area contributed by atoms with E-state index in [1.54, 1.807) is 0 Å². The molecule has 0 aliphatic heterocycles. The molecule has 0 bridgehead atoms. The van der Waals surface area contributed by atoms with E-state index in [9.17, 15) is 0 Å². The summed E-state index contributed by atoms with van der Waals surface area (Å²) in [5, 5.41) is 0. The van der Waals surface area contributed by atoms with Crippen LogP contribution in [0.5, 0.6) is 5.75 Å². The van der Waals surface area contributed by atoms with Crippen molar-refractivity contribution in [2.75, 3.05) is 6.61 Å². The lowest BCUT2D eigenvalue weighted by Crippen LogP contribution is -2.59. The molecule has 0 saturated heterocycles. The van der Waals surface area contributed by atoms with Crippen LogP contribution in [0.15, 0.2) is 24.3 Å². The predicted molar refractivity (Wildman–Crippen MR) is 77.5 cm³/mol. The van der Waals surface area contributed by atoms with Gasteiger partial charge in [0.2, 0.25) is 0 Å². The molecular formula is C16H25NO2. The van der Waals surface area contributed by atoms with E-state index in [1.807, 2.05) is 6.92 Å². The molecule has 1 aliphatic rings. The van der Waals surface area contributed by atoms with Gasteiger partial charge in [0.15, 0.2) is 0 Å². The first-order valence-electron chi connectivity index (χ1n) is 7.37. The third-order valence-electron chi connectivity index (χ3n) is 3.68. The standard InChI is InChI=1S/C16H25NO2/c1-3-5-6-12-7-9-13(10-8-12)19-15-11-14(17)16(15)18-4-2/h7-10,14-16H,3-6,11,17H2,1-2H3. The number of unbranched alkanes of at least 4 members (excludes halogenated alkanes) is 1. The second kappa shape index (κ2) is 6.92. The SMILES string of the molecule is CCCCc1ccc(OC2CC(N)C2OCC)cc1. The zero-order valence-corrected chi connectivity index (χ0v) is 12.0. The van der Waals surface area contributed by atoms with Gasteiger partial charge in [-0.3, -0.25) is 0 Å². The Balaban J connectivity index is 1.86. The molecule has 1 fully saturated rings. The minimum Gasteiger partial charge on any atom is -0.488 e. The average Bonchev–Trinajstić information content (AvgIpc) is 2.43. The molecule has 106 valence electrons. The summed E-state index contributed by atoms with van der Waals surface area (Å²) in [4.78, 5) is 0. The maximum atomic E-state index is 5.94. The lowest BCUT2D eigenvalue weighted by molar-refractivity contribution is -0.0945. The van der Waals surface area contributed by atoms with Crippen LogP contribution in [0.2, 0.25) is 0 Å². The summed E-state index contributed by atoms with van der Waals surface area (Å²) in [6.07, 6.45) is 4.65. The molecule has 1 aromatic carbocycles. The fourth-order valence-electron chi connectivity index (χ4n) is 2.45. The second-order valence-electron chi connectivity index (χ2n) is 5.22. The first-order valence-corrected chi connectivity index (χ1v) is 7.37. The summed E-state index contributed by atoms with van der Waals surface area (Å²) >= 11 is 0. The van der Waals surface area contributed by atoms with Gasteiger partial charge in [0, 0.05) is 19.1 Å². The number of nitrogens with two attached hydrogens (primary N) is 1. The molecule has 0 aromatic heterocycles. The van der Waals surface area contributed by atoms with Gasteiger partial charge in [0.1, 0.15) is 18.0 Å². The maximum Gasteiger partial charge on any atom is 0.128 e. The minimum atomic E-state index is 0.0461. The minimum absolute atomic E-state index is 0.0461. The van der Waals surface area contributed by atoms with Gasteiger partial charge in [-0.15, -0.1) is 0 Å². The molecule has 1 aliphatic carbocycles. The maximum absolute atomic E-state index is 5.94. The molecular weight excluding hydrogens is 238 g/mol. The molecule has 3 heteroatoms. The first-order chi connectivity index (χ1) is 9.24. The van der Waals surface area contributed by atoms with E-state index in [4.69, 9.17) is 15.2 Å². The number of hydrogen-bond acceptors (Lipinski definition) is 3. The third kappa shape index (κ3) is 3.71. The van der Waals surface area contributed by atoms with Crippen LogP contribution in [-0.4, -0.2) is 24.9 Å². The molecule has 3 atom stereocenters. The van der Waals surface area contributed by atoms with Crippen LogP contribution in [0.25, 0.3) is 0 Å². The van der Waals surface area contributed by atoms with E-state index in [0.717, 1.165) is 18.6 Å². The van der Waals surface area contributed by atoms with Gasteiger partial charge >= 0.3 is 0 Å². The first kappa shape index (κ1) is 14.4. The topological polar surface area (TPSA) is 44.5 Å². The molecule has 2 N–H and O–H groups in total. The summed E-state index contributed by atoms with van der Waals surface area (Å²) < 4.78 is 11.5. The number of aryl methyl sites for hydroxylation is 1. The van der Waals surface area contributed by atoms with Gasteiger partial charge in [0.25, 0.3) is 0 Å². The molecule has 3 nitrogen and oxygen atoms in total. The van der Waals surface area contributed by atoms with Crippen molar-refractivity contribution >= 4 is 0 Å². The highest BCUT2D eigenvalue weighted by atomic mass is 16.5. The highest BCUT2D eigenvalue weighted by Crippen LogP contribution is 2.28. The van der Waals surface area contributed by atoms with Crippen LogP contribution < -0.4 is 10.5 Å². The van der Waals surface area contributed by atoms with Crippen LogP contribution >= 0.6 is 0 Å². The summed E-state index contributed by atoms with van der Waals surface area (Å²) in [5.74, 6) is 0.918. The van der Waals surface area contributed by atoms with Crippen LogP contribution in [-0.2, 0) is 11.2 Å². The number of ether oxygens (including phenoxy) is 2. The van der Waals surface area contributed by atoms with Crippen molar-refractivity contribution in [2.45, 2.75) is 57.8 Å². The predicted octanol–water partition coefficient (Wildman–Crippen LogP) is 2.91. The van der Waals surface area contributed by atoms with Gasteiger partial charge in [-0.05, 0) is 37.5 Å². The Hall–Kier alpha value is -1.06. The molecule has 0 amide bonds. The van der Waals surface area contributed by atoms with E-state index in [1.165, 1.54) is 18.4 Å². The highest BCUT2D eigenvalue weighted by Gasteiger charge is 2.41. The number of hydrogen-bond donors (Lipinski definition) is 1. The van der Waals surface area contributed by atoms with Crippen LogP contribution in [0.1, 0.15) is 38.7 Å². The lowest BCUT2D eigenvalue weighted by Gasteiger charge is -2.41. The van der Waals surface area contributed by atoms with Gasteiger partial charge in [-0.1, -0.05) is 25.5 Å². The Labute approximate surface area is 116 Å². The van der Waals surface area contributed by atoms with Crippen molar-refractivity contribution in [2.24, 2.45) is 5.73 Å². The van der Waals surface area contributed by atoms with Crippen molar-refractivity contribution in [1.82, 2.24) is 0 Å². The van der Waals surface area contributed by atoms with Gasteiger partial charge in [-0.2, -0.15) is 0 Å². The Bertz CT molecular complexity index is 377. The zero-order chi connectivity index (χ0) is 13.7. The lowest BCUT2D eigenvalue weighted by atomic mass is 9.86. The molecule has 0 radical (unpaired) electrons. The van der Waals surface area contributed by atoms with Crippen LogP contribution in [0, 0.1) is 0 Å². The molecule has 0 spiro atoms. The number of benzene rings is 1. The molecule has 1 saturated carbocycles. The normalized spacial score (nSPS) is 25.9. The largest absolute Gasteiger partial charge is 0.488 e. The van der Waals surface area contributed by atoms with Crippen molar-refractivity contribution in [3.8, 4) is 5.75 Å². The van der Waals surface area contributed by atoms with Gasteiger partial charge in [0.05, 0.1) is 0 Å². The Morgan fingerprint density at radius 1 is 1.21 bits per heavy atom. The summed E-state index contributed by atoms with van der Waals surface area (Å²) in [5.41, 5.74) is 7.30. The van der Waals surface area contributed by atoms with E-state index in [2.05, 4.69) is 31.2 Å². The molecule has 0 heterocycles. The zero-order valence-electron chi connectivity index (χ0n) is 12.0. The van der Waals surface area contributed by atoms with Crippen molar-refractivity contribution in [3.05, 3.63) is 29.8 Å². The Morgan fingerprint density at radius 2 is 1.95 bits per heavy atom. The number of rotatable bonds is 7. The molecule has 2 rings (SSSR count). The Morgan fingerprint density at radius 3 is 2.53 bits per heavy atom. The molecule has 19 heavy (non-hydrogen) atoms. The van der Waals surface area contributed by atoms with Crippen LogP contribution in [0.3, 0.4) is 0 Å². The van der Waals surface area contributed by atoms with E-state index >= 15 is 0 Å². The highest BCUT2D eigenvalue weighted by molar-refractivity contribution is 5.28. The molecule has 1 aromatic rings. The monoisotopic (exact) mass is 263 g/mol. The van der Waals surface area contributed by atoms with Crippen molar-refractivity contribution < 1.29 is 9.47 Å². The molecule has 3 unspecified atom stereocenters. The third-order valence-corrected chi connectivity index (χ3v) is 3.68. The smallest absolute Gasteiger partial charge is 0.128 e. The quantitative estimate of drug-likeness (QED) is 0.822. The summed E-state index contributed by atoms with van der Waals surface area (Å²) in [6.45, 7) is 4.89. The summed E-state index contributed by atoms with van der Waals surface area (Å²) in [6, 6.07) is 8.53. The Kier molecular flexibility index (Phi) is 5.23. The van der Waals surface area contributed by atoms with Gasteiger partial charge < -0.3 is 15.2 Å². The van der Waals surface area contributed by atoms with Gasteiger partial charge in [-0.25, -0.2) is 0 Å². The van der Waals surface area contributed by atoms with Crippen molar-refractivity contribution in [1.29, 1.82) is 0 Å². The summed E-state index contributed by atoms with van der Waals surface area (Å²) in [7, 11) is 0. The van der Waals surface area contributed by atoms with Crippen LogP contribution in [0.4, 0.5) is 0 Å². The average molecular weight is 263 g/mol. The fourth-order valence-corrected chi connectivity index (χ4v) is 2.45. The van der Waals surface area contributed by atoms with Crippen molar-refractivity contribution in [3.63, 3.8) is 0 Å². The van der Waals surface area contributed by atoms with E-state index < -0.39 is 0 Å². The fraction of sp³-hybridized carbons (Fsp3) is 0.625.